The predicted octanol–water partition coefficient (Wildman–Crippen LogP) is 4.28. The van der Waals surface area contributed by atoms with Crippen LogP contribution in [0.3, 0.4) is 0 Å². The van der Waals surface area contributed by atoms with Gasteiger partial charge in [0.25, 0.3) is 0 Å². The Morgan fingerprint density at radius 1 is 1.22 bits per heavy atom. The van der Waals surface area contributed by atoms with Crippen LogP contribution in [0.2, 0.25) is 0 Å². The number of nitro groups is 1. The van der Waals surface area contributed by atoms with Gasteiger partial charge in [-0.2, -0.15) is 0 Å². The number of benzene rings is 1. The van der Waals surface area contributed by atoms with Gasteiger partial charge in [-0.3, -0.25) is 10.1 Å². The SMILES string of the molecule is CC(C)(C)OC(=O)N1CCC(n2cc([N+](=O)[O-])c3nnc(-c4ccccc4O)cc32)CC1. The van der Waals surface area contributed by atoms with E-state index < -0.39 is 10.5 Å². The molecule has 32 heavy (non-hydrogen) atoms. The number of phenols is 1. The molecule has 0 bridgehead atoms. The van der Waals surface area contributed by atoms with E-state index in [1.54, 1.807) is 35.2 Å². The number of piperidine rings is 1. The second kappa shape index (κ2) is 8.10. The van der Waals surface area contributed by atoms with Crippen molar-refractivity contribution in [3.63, 3.8) is 0 Å². The Balaban J connectivity index is 1.65. The van der Waals surface area contributed by atoms with Crippen molar-refractivity contribution >= 4 is 22.8 Å². The Kier molecular flexibility index (Phi) is 5.45. The van der Waals surface area contributed by atoms with E-state index in [2.05, 4.69) is 10.2 Å². The lowest BCUT2D eigenvalue weighted by atomic mass is 10.0. The number of para-hydroxylation sites is 1. The number of phenolic OH excluding ortho intramolecular Hbond substituents is 1. The van der Waals surface area contributed by atoms with Gasteiger partial charge in [0, 0.05) is 24.7 Å². The molecule has 1 aliphatic heterocycles. The zero-order chi connectivity index (χ0) is 23.0. The van der Waals surface area contributed by atoms with Crippen molar-refractivity contribution in [2.75, 3.05) is 13.1 Å². The smallest absolute Gasteiger partial charge is 0.410 e. The summed E-state index contributed by atoms with van der Waals surface area (Å²) in [7, 11) is 0. The minimum absolute atomic E-state index is 0.0497. The highest BCUT2D eigenvalue weighted by atomic mass is 16.6. The Labute approximate surface area is 184 Å². The topological polar surface area (TPSA) is 124 Å². The highest BCUT2D eigenvalue weighted by Crippen LogP contribution is 2.35. The van der Waals surface area contributed by atoms with E-state index in [9.17, 15) is 20.0 Å². The van der Waals surface area contributed by atoms with Crippen LogP contribution in [-0.4, -0.2) is 54.5 Å². The Bertz CT molecular complexity index is 1180. The van der Waals surface area contributed by atoms with Gasteiger partial charge in [0.05, 0.1) is 22.3 Å². The second-order valence-electron chi connectivity index (χ2n) is 8.86. The van der Waals surface area contributed by atoms with Crippen LogP contribution in [0.1, 0.15) is 39.7 Å². The number of nitrogens with zero attached hydrogens (tertiary/aromatic N) is 5. The molecule has 0 radical (unpaired) electrons. The number of rotatable bonds is 3. The van der Waals surface area contributed by atoms with Crippen molar-refractivity contribution in [2.45, 2.75) is 45.3 Å². The highest BCUT2D eigenvalue weighted by molar-refractivity contribution is 5.88. The van der Waals surface area contributed by atoms with Crippen LogP contribution in [0.4, 0.5) is 10.5 Å². The molecule has 10 nitrogen and oxygen atoms in total. The molecule has 3 aromatic rings. The molecule has 1 amide bonds. The maximum absolute atomic E-state index is 12.4. The van der Waals surface area contributed by atoms with Gasteiger partial charge in [0.15, 0.2) is 5.52 Å². The van der Waals surface area contributed by atoms with E-state index in [4.69, 9.17) is 4.74 Å². The van der Waals surface area contributed by atoms with Crippen LogP contribution in [0.5, 0.6) is 5.75 Å². The highest BCUT2D eigenvalue weighted by Gasteiger charge is 2.30. The van der Waals surface area contributed by atoms with Crippen LogP contribution in [-0.2, 0) is 4.74 Å². The van der Waals surface area contributed by atoms with Gasteiger partial charge in [0.2, 0.25) is 0 Å². The molecule has 2 aromatic heterocycles. The zero-order valence-corrected chi connectivity index (χ0v) is 18.2. The number of ether oxygens (including phenoxy) is 1. The van der Waals surface area contributed by atoms with E-state index in [0.717, 1.165) is 0 Å². The second-order valence-corrected chi connectivity index (χ2v) is 8.86. The third-order valence-electron chi connectivity index (χ3n) is 5.44. The number of aromatic nitrogens is 3. The summed E-state index contributed by atoms with van der Waals surface area (Å²) >= 11 is 0. The van der Waals surface area contributed by atoms with Crippen molar-refractivity contribution in [3.8, 4) is 17.0 Å². The van der Waals surface area contributed by atoms with Gasteiger partial charge in [-0.15, -0.1) is 10.2 Å². The number of carbonyl (C=O) groups excluding carboxylic acids is 1. The summed E-state index contributed by atoms with van der Waals surface area (Å²) in [6, 6.07) is 8.41. The zero-order valence-electron chi connectivity index (χ0n) is 18.2. The summed E-state index contributed by atoms with van der Waals surface area (Å²) in [5.74, 6) is 0.0550. The third-order valence-corrected chi connectivity index (χ3v) is 5.44. The molecule has 3 heterocycles. The van der Waals surface area contributed by atoms with Crippen LogP contribution in [0.25, 0.3) is 22.3 Å². The van der Waals surface area contributed by atoms with Crippen LogP contribution >= 0.6 is 0 Å². The molecule has 0 saturated carbocycles. The van der Waals surface area contributed by atoms with E-state index in [-0.39, 0.29) is 29.1 Å². The molecule has 4 rings (SSSR count). The average molecular weight is 439 g/mol. The van der Waals surface area contributed by atoms with Gasteiger partial charge >= 0.3 is 11.8 Å². The summed E-state index contributed by atoms with van der Waals surface area (Å²) < 4.78 is 7.29. The molecule has 1 aromatic carbocycles. The summed E-state index contributed by atoms with van der Waals surface area (Å²) in [5, 5.41) is 30.0. The molecule has 0 atom stereocenters. The monoisotopic (exact) mass is 439 g/mol. The normalized spacial score (nSPS) is 15.2. The molecule has 1 N–H and O–H groups in total. The van der Waals surface area contributed by atoms with Crippen molar-refractivity contribution in [2.24, 2.45) is 0 Å². The van der Waals surface area contributed by atoms with Gasteiger partial charge in [-0.1, -0.05) is 12.1 Å². The van der Waals surface area contributed by atoms with E-state index >= 15 is 0 Å². The molecule has 0 spiro atoms. The van der Waals surface area contributed by atoms with Gasteiger partial charge in [0.1, 0.15) is 11.4 Å². The Morgan fingerprint density at radius 2 is 1.91 bits per heavy atom. The van der Waals surface area contributed by atoms with E-state index in [0.29, 0.717) is 42.7 Å². The van der Waals surface area contributed by atoms with Gasteiger partial charge < -0.3 is 19.3 Å². The lowest BCUT2D eigenvalue weighted by Gasteiger charge is -2.34. The minimum atomic E-state index is -0.566. The number of likely N-dealkylation sites (tertiary alicyclic amines) is 1. The largest absolute Gasteiger partial charge is 0.507 e. The first-order valence-corrected chi connectivity index (χ1v) is 10.4. The first-order chi connectivity index (χ1) is 15.1. The first-order valence-electron chi connectivity index (χ1n) is 10.4. The summed E-state index contributed by atoms with van der Waals surface area (Å²) in [6.45, 7) is 6.44. The van der Waals surface area contributed by atoms with E-state index in [1.165, 1.54) is 6.20 Å². The molecule has 168 valence electrons. The van der Waals surface area contributed by atoms with Crippen molar-refractivity contribution in [1.29, 1.82) is 0 Å². The molecule has 1 saturated heterocycles. The number of fused-ring (bicyclic) bond motifs is 1. The molecule has 1 aliphatic rings. The predicted molar refractivity (Wildman–Crippen MR) is 117 cm³/mol. The number of aromatic hydroxyl groups is 1. The molecule has 1 fully saturated rings. The summed E-state index contributed by atoms with van der Waals surface area (Å²) in [4.78, 5) is 25.2. The maximum atomic E-state index is 12.4. The van der Waals surface area contributed by atoms with Crippen LogP contribution in [0, 0.1) is 10.1 Å². The molecule has 0 unspecified atom stereocenters. The van der Waals surface area contributed by atoms with Gasteiger partial charge in [-0.05, 0) is 51.8 Å². The number of carbonyl (C=O) groups is 1. The minimum Gasteiger partial charge on any atom is -0.507 e. The van der Waals surface area contributed by atoms with Gasteiger partial charge in [-0.25, -0.2) is 4.79 Å². The molecular formula is C22H25N5O5. The lowest BCUT2D eigenvalue weighted by Crippen LogP contribution is -2.42. The summed E-state index contributed by atoms with van der Waals surface area (Å²) in [6.07, 6.45) is 2.37. The van der Waals surface area contributed by atoms with Crippen LogP contribution in [0.15, 0.2) is 36.5 Å². The Morgan fingerprint density at radius 3 is 2.53 bits per heavy atom. The van der Waals surface area contributed by atoms with Crippen molar-refractivity contribution in [3.05, 3.63) is 46.6 Å². The fourth-order valence-corrected chi connectivity index (χ4v) is 3.93. The average Bonchev–Trinajstić information content (AvgIpc) is 3.12. The first kappa shape index (κ1) is 21.5. The molecular weight excluding hydrogens is 414 g/mol. The fourth-order valence-electron chi connectivity index (χ4n) is 3.93. The molecule has 10 heteroatoms. The van der Waals surface area contributed by atoms with Crippen molar-refractivity contribution in [1.82, 2.24) is 19.7 Å². The molecule has 0 aliphatic carbocycles. The quantitative estimate of drug-likeness (QED) is 0.477. The standard InChI is InChI=1S/C22H25N5O5/c1-22(2,3)32-21(29)25-10-8-14(9-11-25)26-13-18(27(30)31)20-17(26)12-16(23-24-20)15-6-4-5-7-19(15)28/h4-7,12-14,28H,8-11H2,1-3H3. The third kappa shape index (κ3) is 4.20. The summed E-state index contributed by atoms with van der Waals surface area (Å²) in [5.41, 5.74) is 1.01. The van der Waals surface area contributed by atoms with E-state index in [1.807, 2.05) is 25.3 Å². The lowest BCUT2D eigenvalue weighted by molar-refractivity contribution is -0.383. The van der Waals surface area contributed by atoms with Crippen LogP contribution < -0.4 is 0 Å². The number of hydrogen-bond donors (Lipinski definition) is 1. The van der Waals surface area contributed by atoms with Crippen molar-refractivity contribution < 1.29 is 19.6 Å². The number of hydrogen-bond acceptors (Lipinski definition) is 7. The maximum Gasteiger partial charge on any atom is 0.410 e. The Hall–Kier alpha value is -3.69. The fraction of sp³-hybridized carbons (Fsp3) is 0.409. The number of amides is 1.